The van der Waals surface area contributed by atoms with Crippen LogP contribution in [0.4, 0.5) is 0 Å². The number of rotatable bonds is 6. The molecule has 3 rings (SSSR count). The lowest BCUT2D eigenvalue weighted by Gasteiger charge is -2.38. The highest BCUT2D eigenvalue weighted by Crippen LogP contribution is 2.57. The van der Waals surface area contributed by atoms with E-state index in [2.05, 4.69) is 30.3 Å². The number of hydrogen-bond acceptors (Lipinski definition) is 3. The Morgan fingerprint density at radius 3 is 2.95 bits per heavy atom. The molecule has 0 aromatic carbocycles. The molecule has 3 heteroatoms. The molecule has 0 aliphatic heterocycles. The zero-order chi connectivity index (χ0) is 13.3. The number of nitrogens with zero attached hydrogens (tertiary/aromatic N) is 1. The summed E-state index contributed by atoms with van der Waals surface area (Å²) >= 11 is 1.90. The molecule has 2 saturated carbocycles. The summed E-state index contributed by atoms with van der Waals surface area (Å²) in [5.74, 6) is 1.98. The first-order valence-electron chi connectivity index (χ1n) is 7.84. The van der Waals surface area contributed by atoms with E-state index in [-0.39, 0.29) is 0 Å². The van der Waals surface area contributed by atoms with Gasteiger partial charge in [0.05, 0.1) is 5.01 Å². The van der Waals surface area contributed by atoms with Gasteiger partial charge in [0.25, 0.3) is 0 Å². The van der Waals surface area contributed by atoms with Gasteiger partial charge in [-0.3, -0.25) is 0 Å². The third-order valence-electron chi connectivity index (χ3n) is 5.20. The van der Waals surface area contributed by atoms with Gasteiger partial charge in [-0.1, -0.05) is 13.3 Å². The molecule has 3 unspecified atom stereocenters. The minimum atomic E-state index is 0.539. The molecule has 0 amide bonds. The minimum Gasteiger partial charge on any atom is -0.316 e. The van der Waals surface area contributed by atoms with Crippen molar-refractivity contribution >= 4 is 11.3 Å². The highest BCUT2D eigenvalue weighted by molar-refractivity contribution is 7.11. The van der Waals surface area contributed by atoms with E-state index in [1.807, 2.05) is 11.3 Å². The molecule has 1 N–H and O–H groups in total. The molecule has 1 aromatic rings. The van der Waals surface area contributed by atoms with Crippen molar-refractivity contribution in [2.24, 2.45) is 17.3 Å². The van der Waals surface area contributed by atoms with E-state index < -0.39 is 0 Å². The van der Waals surface area contributed by atoms with E-state index >= 15 is 0 Å². The van der Waals surface area contributed by atoms with Crippen LogP contribution in [-0.2, 0) is 6.42 Å². The standard InChI is InChI=1S/C16H26N2S/c1-3-6-17-11-16(8-13-4-5-14(16)7-13)9-15-10-18-12(2)19-15/h10,13-14,17H,3-9,11H2,1-2H3. The van der Waals surface area contributed by atoms with Crippen LogP contribution < -0.4 is 5.32 Å². The molecule has 2 nitrogen and oxygen atoms in total. The Kier molecular flexibility index (Phi) is 3.95. The van der Waals surface area contributed by atoms with Crippen molar-refractivity contribution in [3.8, 4) is 0 Å². The van der Waals surface area contributed by atoms with Gasteiger partial charge in [-0.05, 0) is 62.8 Å². The summed E-state index contributed by atoms with van der Waals surface area (Å²) in [4.78, 5) is 5.95. The second kappa shape index (κ2) is 5.53. The Hall–Kier alpha value is -0.410. The second-order valence-corrected chi connectivity index (χ2v) is 7.96. The molecule has 2 bridgehead atoms. The number of hydrogen-bond donors (Lipinski definition) is 1. The summed E-state index contributed by atoms with van der Waals surface area (Å²) < 4.78 is 0. The predicted octanol–water partition coefficient (Wildman–Crippen LogP) is 3.80. The fourth-order valence-electron chi connectivity index (χ4n) is 4.40. The van der Waals surface area contributed by atoms with E-state index in [4.69, 9.17) is 0 Å². The predicted molar refractivity (Wildman–Crippen MR) is 81.6 cm³/mol. The Morgan fingerprint density at radius 2 is 2.37 bits per heavy atom. The highest BCUT2D eigenvalue weighted by atomic mass is 32.1. The molecule has 2 fully saturated rings. The van der Waals surface area contributed by atoms with Crippen LogP contribution in [0, 0.1) is 24.2 Å². The van der Waals surface area contributed by atoms with Crippen molar-refractivity contribution in [3.63, 3.8) is 0 Å². The van der Waals surface area contributed by atoms with E-state index in [9.17, 15) is 0 Å². The molecule has 3 atom stereocenters. The lowest BCUT2D eigenvalue weighted by atomic mass is 9.70. The van der Waals surface area contributed by atoms with Crippen LogP contribution in [0.3, 0.4) is 0 Å². The van der Waals surface area contributed by atoms with E-state index in [1.165, 1.54) is 61.5 Å². The van der Waals surface area contributed by atoms with E-state index in [1.54, 1.807) is 0 Å². The SMILES string of the molecule is CCCNCC1(Cc2cnc(C)s2)CC2CCC1C2. The van der Waals surface area contributed by atoms with Crippen molar-refractivity contribution in [3.05, 3.63) is 16.1 Å². The Morgan fingerprint density at radius 1 is 1.47 bits per heavy atom. The van der Waals surface area contributed by atoms with Crippen molar-refractivity contribution in [1.82, 2.24) is 10.3 Å². The largest absolute Gasteiger partial charge is 0.316 e. The van der Waals surface area contributed by atoms with Crippen LogP contribution in [-0.4, -0.2) is 18.1 Å². The van der Waals surface area contributed by atoms with Gasteiger partial charge < -0.3 is 5.32 Å². The fourth-order valence-corrected chi connectivity index (χ4v) is 5.35. The molecule has 0 radical (unpaired) electrons. The number of aryl methyl sites for hydroxylation is 1. The van der Waals surface area contributed by atoms with Crippen molar-refractivity contribution in [2.75, 3.05) is 13.1 Å². The zero-order valence-corrected chi connectivity index (χ0v) is 13.1. The second-order valence-electron chi connectivity index (χ2n) is 6.64. The average molecular weight is 278 g/mol. The first-order valence-corrected chi connectivity index (χ1v) is 8.65. The van der Waals surface area contributed by atoms with E-state index in [0.29, 0.717) is 5.41 Å². The average Bonchev–Trinajstić information content (AvgIpc) is 3.06. The molecular weight excluding hydrogens is 252 g/mol. The zero-order valence-electron chi connectivity index (χ0n) is 12.2. The van der Waals surface area contributed by atoms with Gasteiger partial charge in [-0.15, -0.1) is 11.3 Å². The van der Waals surface area contributed by atoms with Crippen molar-refractivity contribution in [2.45, 2.75) is 52.4 Å². The van der Waals surface area contributed by atoms with Crippen LogP contribution in [0.25, 0.3) is 0 Å². The molecule has 0 spiro atoms. The summed E-state index contributed by atoms with van der Waals surface area (Å²) in [6.45, 7) is 6.77. The van der Waals surface area contributed by atoms with Gasteiger partial charge >= 0.3 is 0 Å². The van der Waals surface area contributed by atoms with Crippen LogP contribution in [0.2, 0.25) is 0 Å². The topological polar surface area (TPSA) is 24.9 Å². The summed E-state index contributed by atoms with van der Waals surface area (Å²) in [5, 5.41) is 4.93. The summed E-state index contributed by atoms with van der Waals surface area (Å²) in [7, 11) is 0. The lowest BCUT2D eigenvalue weighted by molar-refractivity contribution is 0.158. The molecule has 19 heavy (non-hydrogen) atoms. The first kappa shape index (κ1) is 13.6. The molecule has 0 saturated heterocycles. The fraction of sp³-hybridized carbons (Fsp3) is 0.812. The van der Waals surface area contributed by atoms with Crippen LogP contribution >= 0.6 is 11.3 Å². The number of thiazole rings is 1. The van der Waals surface area contributed by atoms with Gasteiger partial charge in [-0.25, -0.2) is 4.98 Å². The van der Waals surface area contributed by atoms with Crippen LogP contribution in [0.15, 0.2) is 6.20 Å². The number of fused-ring (bicyclic) bond motifs is 2. The Bertz CT molecular complexity index is 428. The minimum absolute atomic E-state index is 0.539. The lowest BCUT2D eigenvalue weighted by Crippen LogP contribution is -2.40. The maximum absolute atomic E-state index is 4.45. The Balaban J connectivity index is 1.73. The monoisotopic (exact) mass is 278 g/mol. The van der Waals surface area contributed by atoms with Gasteiger partial charge in [0.1, 0.15) is 0 Å². The first-order chi connectivity index (χ1) is 9.22. The molecule has 106 valence electrons. The molecular formula is C16H26N2S. The van der Waals surface area contributed by atoms with Crippen LogP contribution in [0.1, 0.15) is 48.9 Å². The van der Waals surface area contributed by atoms with Crippen molar-refractivity contribution in [1.29, 1.82) is 0 Å². The normalized spacial score (nSPS) is 33.2. The summed E-state index contributed by atoms with van der Waals surface area (Å²) in [6, 6.07) is 0. The third kappa shape index (κ3) is 2.73. The summed E-state index contributed by atoms with van der Waals surface area (Å²) in [6.07, 6.45) is 10.5. The molecule has 1 aromatic heterocycles. The maximum atomic E-state index is 4.45. The van der Waals surface area contributed by atoms with Crippen molar-refractivity contribution < 1.29 is 0 Å². The number of nitrogens with one attached hydrogen (secondary N) is 1. The van der Waals surface area contributed by atoms with Gasteiger partial charge in [0.15, 0.2) is 0 Å². The third-order valence-corrected chi connectivity index (χ3v) is 6.11. The highest BCUT2D eigenvalue weighted by Gasteiger charge is 2.50. The maximum Gasteiger partial charge on any atom is 0.0896 e. The van der Waals surface area contributed by atoms with E-state index in [0.717, 1.165) is 11.8 Å². The van der Waals surface area contributed by atoms with Gasteiger partial charge in [0.2, 0.25) is 0 Å². The smallest absolute Gasteiger partial charge is 0.0896 e. The van der Waals surface area contributed by atoms with Gasteiger partial charge in [-0.2, -0.15) is 0 Å². The molecule has 2 aliphatic rings. The molecule has 2 aliphatic carbocycles. The van der Waals surface area contributed by atoms with Crippen LogP contribution in [0.5, 0.6) is 0 Å². The quantitative estimate of drug-likeness (QED) is 0.801. The summed E-state index contributed by atoms with van der Waals surface area (Å²) in [5.41, 5.74) is 0.539. The Labute approximate surface area is 121 Å². The molecule has 1 heterocycles. The number of aromatic nitrogens is 1. The van der Waals surface area contributed by atoms with Gasteiger partial charge in [0, 0.05) is 17.6 Å².